The third-order valence-electron chi connectivity index (χ3n) is 4.89. The second kappa shape index (κ2) is 8.93. The average Bonchev–Trinajstić information content (AvgIpc) is 3.50. The number of aromatic nitrogens is 7. The van der Waals surface area contributed by atoms with Gasteiger partial charge in [-0.3, -0.25) is 0 Å². The first-order chi connectivity index (χ1) is 16.4. The highest BCUT2D eigenvalue weighted by molar-refractivity contribution is 5.86. The Hall–Kier alpha value is -4.27. The first-order valence-corrected chi connectivity index (χ1v) is 10.5. The van der Waals surface area contributed by atoms with Gasteiger partial charge in [0.05, 0.1) is 5.52 Å². The molecule has 1 aliphatic rings. The minimum Gasteiger partial charge on any atom is -0.359 e. The molecule has 4 aromatic rings. The number of anilines is 2. The molecule has 0 unspecified atom stereocenters. The Kier molecular flexibility index (Phi) is 5.67. The zero-order valence-corrected chi connectivity index (χ0v) is 17.7. The van der Waals surface area contributed by atoms with Crippen LogP contribution in [-0.4, -0.2) is 47.4 Å². The molecular formula is C22H18F3N9. The maximum atomic E-state index is 12.9. The van der Waals surface area contributed by atoms with Crippen LogP contribution in [0.3, 0.4) is 0 Å². The second-order valence-electron chi connectivity index (χ2n) is 7.69. The van der Waals surface area contributed by atoms with Gasteiger partial charge in [-0.05, 0) is 42.5 Å². The highest BCUT2D eigenvalue weighted by Gasteiger charge is 2.27. The molecular weight excluding hydrogens is 447 g/mol. The fraction of sp³-hybridized carbons (Fsp3) is 0.273. The van der Waals surface area contributed by atoms with Crippen LogP contribution in [0, 0.1) is 17.8 Å². The van der Waals surface area contributed by atoms with Crippen molar-refractivity contribution in [2.45, 2.75) is 25.6 Å². The number of halogens is 3. The Labute approximate surface area is 191 Å². The summed E-state index contributed by atoms with van der Waals surface area (Å²) in [5.74, 6) is 7.20. The van der Waals surface area contributed by atoms with Crippen molar-refractivity contribution in [3.05, 3.63) is 54.4 Å². The summed E-state index contributed by atoms with van der Waals surface area (Å²) in [7, 11) is 0. The number of hydrogen-bond acceptors (Lipinski definition) is 8. The summed E-state index contributed by atoms with van der Waals surface area (Å²) in [6.07, 6.45) is 2.32. The second-order valence-corrected chi connectivity index (χ2v) is 7.69. The van der Waals surface area contributed by atoms with Crippen molar-refractivity contribution in [1.29, 1.82) is 0 Å². The van der Waals surface area contributed by atoms with Gasteiger partial charge in [-0.15, -0.1) is 0 Å². The number of nitrogens with zero attached hydrogens (tertiary/aromatic N) is 7. The smallest absolute Gasteiger partial charge is 0.359 e. The third kappa shape index (κ3) is 5.37. The molecule has 4 aromatic heterocycles. The molecule has 0 bridgehead atoms. The van der Waals surface area contributed by atoms with Gasteiger partial charge in [0.1, 0.15) is 30.4 Å². The summed E-state index contributed by atoms with van der Waals surface area (Å²) in [5, 5.41) is 9.39. The minimum absolute atomic E-state index is 0.0143. The molecule has 0 aliphatic heterocycles. The van der Waals surface area contributed by atoms with Crippen molar-refractivity contribution in [2.75, 3.05) is 17.2 Å². The van der Waals surface area contributed by atoms with Gasteiger partial charge >= 0.3 is 6.18 Å². The molecule has 0 saturated heterocycles. The van der Waals surface area contributed by atoms with E-state index in [1.165, 1.54) is 17.3 Å². The van der Waals surface area contributed by atoms with Crippen LogP contribution < -0.4 is 10.6 Å². The van der Waals surface area contributed by atoms with E-state index in [1.807, 2.05) is 6.07 Å². The maximum Gasteiger partial charge on any atom is 0.405 e. The van der Waals surface area contributed by atoms with Crippen molar-refractivity contribution in [3.8, 4) is 17.7 Å². The van der Waals surface area contributed by atoms with Gasteiger partial charge < -0.3 is 10.6 Å². The maximum absolute atomic E-state index is 12.9. The Bertz CT molecular complexity index is 1350. The van der Waals surface area contributed by atoms with E-state index in [2.05, 4.69) is 52.5 Å². The molecule has 0 radical (unpaired) electrons. The number of pyridine rings is 2. The van der Waals surface area contributed by atoms with Crippen molar-refractivity contribution in [2.24, 2.45) is 5.92 Å². The lowest BCUT2D eigenvalue weighted by Gasteiger charge is -2.13. The first kappa shape index (κ1) is 21.6. The quantitative estimate of drug-likeness (QED) is 0.418. The van der Waals surface area contributed by atoms with Crippen LogP contribution in [0.4, 0.5) is 24.9 Å². The van der Waals surface area contributed by atoms with Gasteiger partial charge in [-0.1, -0.05) is 12.0 Å². The van der Waals surface area contributed by atoms with E-state index in [0.717, 1.165) is 18.4 Å². The molecule has 1 saturated carbocycles. The number of nitrogens with one attached hydrogen (secondary N) is 2. The van der Waals surface area contributed by atoms with E-state index in [-0.39, 0.29) is 17.3 Å². The summed E-state index contributed by atoms with van der Waals surface area (Å²) >= 11 is 0. The number of fused-ring (bicyclic) bond motifs is 1. The van der Waals surface area contributed by atoms with Gasteiger partial charge in [0.2, 0.25) is 5.95 Å². The van der Waals surface area contributed by atoms with Gasteiger partial charge in [-0.2, -0.15) is 23.3 Å². The van der Waals surface area contributed by atoms with Crippen LogP contribution in [0.5, 0.6) is 0 Å². The van der Waals surface area contributed by atoms with E-state index in [1.54, 1.807) is 24.4 Å². The molecule has 172 valence electrons. The monoisotopic (exact) mass is 465 g/mol. The average molecular weight is 465 g/mol. The topological polar surface area (TPSA) is 106 Å². The van der Waals surface area contributed by atoms with Gasteiger partial charge in [-0.25, -0.2) is 24.6 Å². The highest BCUT2D eigenvalue weighted by Crippen LogP contribution is 2.28. The Balaban J connectivity index is 1.37. The van der Waals surface area contributed by atoms with Crippen LogP contribution in [0.2, 0.25) is 0 Å². The summed E-state index contributed by atoms with van der Waals surface area (Å²) in [5.41, 5.74) is 1.92. The zero-order valence-electron chi connectivity index (χ0n) is 17.7. The van der Waals surface area contributed by atoms with Crippen molar-refractivity contribution in [3.63, 3.8) is 0 Å². The van der Waals surface area contributed by atoms with E-state index in [9.17, 15) is 13.2 Å². The normalized spacial score (nSPS) is 13.4. The van der Waals surface area contributed by atoms with Gasteiger partial charge in [0.15, 0.2) is 11.6 Å². The molecule has 34 heavy (non-hydrogen) atoms. The number of rotatable bonds is 6. The largest absolute Gasteiger partial charge is 0.405 e. The fourth-order valence-corrected chi connectivity index (χ4v) is 3.04. The molecule has 0 aromatic carbocycles. The van der Waals surface area contributed by atoms with Crippen LogP contribution in [0.15, 0.2) is 43.1 Å². The van der Waals surface area contributed by atoms with E-state index in [0.29, 0.717) is 29.5 Å². The third-order valence-corrected chi connectivity index (χ3v) is 4.89. The molecule has 0 atom stereocenters. The first-order valence-electron chi connectivity index (χ1n) is 10.5. The lowest BCUT2D eigenvalue weighted by Crippen LogP contribution is -2.22. The minimum atomic E-state index is -4.41. The van der Waals surface area contributed by atoms with Crippen LogP contribution >= 0.6 is 0 Å². The van der Waals surface area contributed by atoms with Crippen molar-refractivity contribution in [1.82, 2.24) is 34.7 Å². The molecule has 9 nitrogen and oxygen atoms in total. The molecule has 5 rings (SSSR count). The molecule has 2 N–H and O–H groups in total. The standard InChI is InChI=1S/C22H18F3N9/c23-22(24,25)11-29-20-19-17(7-6-16(31-19)5-3-14-1-2-14)32-21(33-20)28-10-15-4-8-18(27-9-15)34-13-26-12-30-34/h4,6-9,12-14H,1-2,10-11H2,(H2,28,29,32,33). The number of alkyl halides is 3. The predicted molar refractivity (Wildman–Crippen MR) is 118 cm³/mol. The van der Waals surface area contributed by atoms with E-state index >= 15 is 0 Å². The van der Waals surface area contributed by atoms with E-state index in [4.69, 9.17) is 0 Å². The molecule has 0 amide bonds. The lowest BCUT2D eigenvalue weighted by molar-refractivity contribution is -0.115. The van der Waals surface area contributed by atoms with Crippen LogP contribution in [0.1, 0.15) is 24.1 Å². The molecule has 4 heterocycles. The van der Waals surface area contributed by atoms with Crippen molar-refractivity contribution < 1.29 is 13.2 Å². The summed E-state index contributed by atoms with van der Waals surface area (Å²) in [6, 6.07) is 7.00. The fourth-order valence-electron chi connectivity index (χ4n) is 3.04. The number of hydrogen-bond donors (Lipinski definition) is 2. The van der Waals surface area contributed by atoms with Gasteiger partial charge in [0, 0.05) is 18.7 Å². The Morgan fingerprint density at radius 1 is 1.06 bits per heavy atom. The SMILES string of the molecule is FC(F)(F)CNc1nc(NCc2ccc(-n3cncn3)nc2)nc2ccc(C#CC3CC3)nc12. The molecule has 1 fully saturated rings. The lowest BCUT2D eigenvalue weighted by atomic mass is 10.2. The van der Waals surface area contributed by atoms with E-state index < -0.39 is 12.7 Å². The van der Waals surface area contributed by atoms with Crippen LogP contribution in [0.25, 0.3) is 16.9 Å². The van der Waals surface area contributed by atoms with Gasteiger partial charge in [0.25, 0.3) is 0 Å². The molecule has 12 heteroatoms. The summed E-state index contributed by atoms with van der Waals surface area (Å²) < 4.78 is 40.1. The summed E-state index contributed by atoms with van der Waals surface area (Å²) in [4.78, 5) is 21.2. The van der Waals surface area contributed by atoms with Crippen LogP contribution in [-0.2, 0) is 6.54 Å². The zero-order chi connectivity index (χ0) is 23.5. The van der Waals surface area contributed by atoms with Crippen molar-refractivity contribution >= 4 is 22.8 Å². The molecule has 0 spiro atoms. The Morgan fingerprint density at radius 2 is 1.94 bits per heavy atom. The predicted octanol–water partition coefficient (Wildman–Crippen LogP) is 3.35. The Morgan fingerprint density at radius 3 is 2.65 bits per heavy atom. The summed E-state index contributed by atoms with van der Waals surface area (Å²) in [6.45, 7) is -0.931. The molecule has 1 aliphatic carbocycles. The highest BCUT2D eigenvalue weighted by atomic mass is 19.4.